The minimum absolute atomic E-state index is 0.102. The number of hydrogen-bond donors (Lipinski definition) is 8. The largest absolute Gasteiger partial charge is 0.381 e. The Kier molecular flexibility index (Phi) is 23.6. The molecule has 6 atom stereocenters. The number of nitrogens with two attached hydrogens (primary N) is 3. The van der Waals surface area contributed by atoms with Crippen molar-refractivity contribution < 1.29 is 33.5 Å². The number of rotatable bonds is 34. The number of nitrogens with zero attached hydrogens (tertiary/aromatic N) is 2. The van der Waals surface area contributed by atoms with Gasteiger partial charge in [-0.05, 0) is 51.4 Å². The average molecular weight is 830 g/mol. The van der Waals surface area contributed by atoms with Crippen molar-refractivity contribution in [3.05, 3.63) is 0 Å². The topological polar surface area (TPSA) is 227 Å². The number of carbonyl (C=O) groups is 2. The molecule has 0 aromatic heterocycles. The summed E-state index contributed by atoms with van der Waals surface area (Å²) in [6, 6.07) is 1.69. The summed E-state index contributed by atoms with van der Waals surface area (Å²) in [4.78, 5) is 35.3. The van der Waals surface area contributed by atoms with E-state index < -0.39 is 0 Å². The molecule has 11 N–H and O–H groups in total. The fourth-order valence-corrected chi connectivity index (χ4v) is 10.5. The third-order valence-corrected chi connectivity index (χ3v) is 13.4. The maximum Gasteiger partial charge on any atom is 0.341 e. The zero-order valence-corrected chi connectivity index (χ0v) is 35.3. The van der Waals surface area contributed by atoms with Gasteiger partial charge in [0.2, 0.25) is 11.8 Å². The predicted molar refractivity (Wildman–Crippen MR) is 226 cm³/mol. The fraction of sp³-hybridized carbons (Fsp3) is 0.895. The summed E-state index contributed by atoms with van der Waals surface area (Å²) in [5, 5.41) is 13.8. The average Bonchev–Trinajstić information content (AvgIpc) is 3.94. The molecule has 16 nitrogen and oxygen atoms in total. The van der Waals surface area contributed by atoms with E-state index in [4.69, 9.17) is 36.1 Å². The summed E-state index contributed by atoms with van der Waals surface area (Å²) in [7, 11) is 0. The number of fused-ring (bicyclic) bond motifs is 2. The van der Waals surface area contributed by atoms with Crippen molar-refractivity contribution in [2.24, 2.45) is 22.2 Å². The van der Waals surface area contributed by atoms with Crippen molar-refractivity contribution in [1.29, 1.82) is 0 Å². The zero-order chi connectivity index (χ0) is 39.6. The molecule has 0 unspecified atom stereocenters. The van der Waals surface area contributed by atoms with Gasteiger partial charge in [-0.1, -0.05) is 25.7 Å². The highest BCUT2D eigenvalue weighted by Gasteiger charge is 2.43. The van der Waals surface area contributed by atoms with Crippen LogP contribution in [-0.4, -0.2) is 167 Å². The number of guanidine groups is 2. The molecule has 56 heavy (non-hydrogen) atoms. The van der Waals surface area contributed by atoms with E-state index in [0.29, 0.717) is 106 Å². The van der Waals surface area contributed by atoms with Crippen LogP contribution in [0.4, 0.5) is 0 Å². The Morgan fingerprint density at radius 3 is 1.89 bits per heavy atom. The number of hydrogen-bond acceptors (Lipinski definition) is 15. The van der Waals surface area contributed by atoms with Crippen LogP contribution in [0.5, 0.6) is 0 Å². The van der Waals surface area contributed by atoms with Gasteiger partial charge in [-0.15, -0.1) is 0 Å². The number of thioether (sulfide) groups is 2. The number of nitrogens with one attached hydrogen (secondary N) is 5. The molecule has 2 fully saturated rings. The molecule has 4 rings (SSSR count). The minimum Gasteiger partial charge on any atom is -0.381 e. The highest BCUT2D eigenvalue weighted by molar-refractivity contribution is 8.00. The molecule has 322 valence electrons. The normalized spacial score (nSPS) is 23.8. The smallest absolute Gasteiger partial charge is 0.341 e. The Hall–Kier alpha value is -2.06. The maximum absolute atomic E-state index is 12.8. The van der Waals surface area contributed by atoms with Crippen LogP contribution >= 0.6 is 23.5 Å². The van der Waals surface area contributed by atoms with Gasteiger partial charge >= 0.3 is 5.96 Å². The lowest BCUT2D eigenvalue weighted by molar-refractivity contribution is -0.493. The van der Waals surface area contributed by atoms with Gasteiger partial charge in [0.1, 0.15) is 12.1 Å². The first-order valence-corrected chi connectivity index (χ1v) is 23.3. The van der Waals surface area contributed by atoms with Crippen LogP contribution < -0.4 is 43.5 Å². The Labute approximate surface area is 343 Å². The number of carbonyl (C=O) groups excluding carboxylic acids is 2. The Balaban J connectivity index is 0.961. The zero-order valence-electron chi connectivity index (χ0n) is 33.7. The predicted octanol–water partition coefficient (Wildman–Crippen LogP) is -1.15. The molecular formula is C38H73N10O6S2+. The van der Waals surface area contributed by atoms with Crippen molar-refractivity contribution in [2.45, 2.75) is 112 Å². The molecule has 2 amide bonds. The van der Waals surface area contributed by atoms with Crippen molar-refractivity contribution in [1.82, 2.24) is 26.2 Å². The first-order chi connectivity index (χ1) is 27.4. The number of unbranched alkanes of at least 4 members (excludes halogenated alkanes) is 6. The standard InChI is InChI=1S/C38H72N10O6S2/c39-13-21-53-23-24-54-22-16-48(25-33(49)42-14-5-9-19-51-17-7-1-3-11-31-35-29(27-55-31)44-37(40)46-35)26-34(50)43-15-6-10-20-52-18-8-2-4-12-32-36-30(28-56-32)45-38(41)47-36/h29-32,35-36H,1-28,39H2,(H,42,49)(H,43,50)(H3,40,44,46)(H3,41,45,47)/p+1/t29-,30-,31-,32-,35-,36-/m0/s1. The van der Waals surface area contributed by atoms with Crippen LogP contribution in [0, 0.1) is 0 Å². The van der Waals surface area contributed by atoms with Gasteiger partial charge in [-0.2, -0.15) is 23.5 Å². The Bertz CT molecular complexity index is 1100. The van der Waals surface area contributed by atoms with E-state index in [0.717, 1.165) is 75.6 Å². The van der Waals surface area contributed by atoms with Gasteiger partial charge in [0, 0.05) is 74.6 Å². The molecule has 4 aliphatic rings. The summed E-state index contributed by atoms with van der Waals surface area (Å²) >= 11 is 4.06. The lowest BCUT2D eigenvalue weighted by atomic mass is 10.0. The maximum atomic E-state index is 12.8. The highest BCUT2D eigenvalue weighted by atomic mass is 32.2. The second kappa shape index (κ2) is 28.4. The van der Waals surface area contributed by atoms with Crippen molar-refractivity contribution in [2.75, 3.05) is 104 Å². The molecule has 0 aromatic carbocycles. The number of ether oxygens (including phenoxy) is 4. The van der Waals surface area contributed by atoms with Gasteiger partial charge < -0.3 is 46.4 Å². The van der Waals surface area contributed by atoms with E-state index in [9.17, 15) is 9.59 Å². The number of amides is 2. The first kappa shape index (κ1) is 46.6. The lowest BCUT2D eigenvalue weighted by Gasteiger charge is -2.21. The van der Waals surface area contributed by atoms with E-state index in [1.54, 1.807) is 0 Å². The van der Waals surface area contributed by atoms with Crippen LogP contribution in [0.15, 0.2) is 4.99 Å². The molecule has 0 radical (unpaired) electrons. The van der Waals surface area contributed by atoms with Crippen molar-refractivity contribution in [3.8, 4) is 0 Å². The van der Waals surface area contributed by atoms with Crippen LogP contribution in [0.2, 0.25) is 0 Å². The molecule has 0 saturated carbocycles. The highest BCUT2D eigenvalue weighted by Crippen LogP contribution is 2.35. The van der Waals surface area contributed by atoms with E-state index in [-0.39, 0.29) is 24.9 Å². The summed E-state index contributed by atoms with van der Waals surface area (Å²) in [5.41, 5.74) is 17.2. The summed E-state index contributed by atoms with van der Waals surface area (Å²) < 4.78 is 22.7. The summed E-state index contributed by atoms with van der Waals surface area (Å²) in [5.74, 6) is 3.33. The van der Waals surface area contributed by atoms with E-state index in [1.165, 1.54) is 32.1 Å². The summed E-state index contributed by atoms with van der Waals surface area (Å²) in [6.45, 7) is 7.05. The van der Waals surface area contributed by atoms with Gasteiger partial charge in [-0.25, -0.2) is 4.99 Å². The van der Waals surface area contributed by atoms with E-state index in [1.807, 2.05) is 28.4 Å². The summed E-state index contributed by atoms with van der Waals surface area (Å²) in [6.07, 6.45) is 12.7. The molecule has 0 aromatic rings. The van der Waals surface area contributed by atoms with Crippen LogP contribution in [0.25, 0.3) is 0 Å². The van der Waals surface area contributed by atoms with Crippen LogP contribution in [0.1, 0.15) is 77.0 Å². The lowest BCUT2D eigenvalue weighted by Crippen LogP contribution is -2.81. The molecule has 2 saturated heterocycles. The van der Waals surface area contributed by atoms with Crippen molar-refractivity contribution >= 4 is 47.3 Å². The molecule has 0 bridgehead atoms. The molecule has 4 heterocycles. The van der Waals surface area contributed by atoms with E-state index in [2.05, 4.69) is 31.3 Å². The van der Waals surface area contributed by atoms with Gasteiger partial charge in [0.25, 0.3) is 0 Å². The van der Waals surface area contributed by atoms with Crippen LogP contribution in [-0.2, 0) is 28.5 Å². The minimum atomic E-state index is -0.103. The Morgan fingerprint density at radius 1 is 0.696 bits per heavy atom. The first-order valence-electron chi connectivity index (χ1n) is 21.2. The van der Waals surface area contributed by atoms with E-state index >= 15 is 0 Å². The quantitative estimate of drug-likeness (QED) is 0.0359. The third kappa shape index (κ3) is 18.7. The second-order valence-electron chi connectivity index (χ2n) is 15.1. The molecule has 4 aliphatic heterocycles. The second-order valence-corrected chi connectivity index (χ2v) is 17.6. The SMILES string of the molecule is NCCOCCOCCN(CC(=O)NCCCCOCCCCC[C@@H]1SC[C@@H]2NC(N)=N[C@@H]21)CC(=O)NCCCCOCCCCC[C@@H]1SC[C@@H]2NC(N)=[NH+][C@@H]21. The molecule has 0 aliphatic carbocycles. The Morgan fingerprint density at radius 2 is 1.25 bits per heavy atom. The third-order valence-electron chi connectivity index (χ3n) is 10.4. The van der Waals surface area contributed by atoms with Gasteiger partial charge in [0.15, 0.2) is 5.96 Å². The molecule has 0 spiro atoms. The number of aliphatic imine (C=N–C) groups is 1. The fourth-order valence-electron chi connectivity index (χ4n) is 7.43. The van der Waals surface area contributed by atoms with Crippen LogP contribution in [0.3, 0.4) is 0 Å². The molecule has 18 heteroatoms. The van der Waals surface area contributed by atoms with Gasteiger partial charge in [-0.3, -0.25) is 30.5 Å². The van der Waals surface area contributed by atoms with Crippen molar-refractivity contribution in [3.63, 3.8) is 0 Å². The molecular weight excluding hydrogens is 757 g/mol. The monoisotopic (exact) mass is 830 g/mol. The van der Waals surface area contributed by atoms with Gasteiger partial charge in [0.05, 0.1) is 51.6 Å².